The predicted molar refractivity (Wildman–Crippen MR) is 127 cm³/mol. The lowest BCUT2D eigenvalue weighted by atomic mass is 10.1. The molecule has 3 heterocycles. The number of alkyl halides is 3. The highest BCUT2D eigenvalue weighted by atomic mass is 19.4. The number of nitriles is 1. The number of ether oxygens (including phenoxy) is 3. The van der Waals surface area contributed by atoms with E-state index in [9.17, 15) is 28.0 Å². The Hall–Kier alpha value is -4.60. The summed E-state index contributed by atoms with van der Waals surface area (Å²) in [6.45, 7) is 5.60. The molecule has 10 nitrogen and oxygen atoms in total. The Bertz CT molecular complexity index is 1470. The molecule has 0 aliphatic carbocycles. The topological polar surface area (TPSA) is 120 Å². The van der Waals surface area contributed by atoms with Crippen molar-refractivity contribution in [3.05, 3.63) is 69.9 Å². The number of carbonyl (C=O) groups excluding carboxylic acids is 1. The molecular formula is C25H22F3N5O5. The first-order valence-electron chi connectivity index (χ1n) is 11.3. The molecule has 3 aromatic rings. The second-order valence-electron chi connectivity index (χ2n) is 9.26. The van der Waals surface area contributed by atoms with Gasteiger partial charge in [0, 0.05) is 25.4 Å². The summed E-state index contributed by atoms with van der Waals surface area (Å²) in [5, 5.41) is 9.52. The SMILES string of the molecule is CC(C)(C)OC(=O)N1CCn2c1cc(OCc1ccc(Oc3cncc(C(F)(F)F)c3)c(C#N)c1)nc2=O. The van der Waals surface area contributed by atoms with E-state index in [0.717, 1.165) is 12.3 Å². The van der Waals surface area contributed by atoms with Gasteiger partial charge in [0.15, 0.2) is 0 Å². The number of pyridine rings is 1. The summed E-state index contributed by atoms with van der Waals surface area (Å²) < 4.78 is 56.7. The van der Waals surface area contributed by atoms with Crippen molar-refractivity contribution in [1.29, 1.82) is 5.26 Å². The highest BCUT2D eigenvalue weighted by molar-refractivity contribution is 5.87. The Morgan fingerprint density at radius 1 is 1.13 bits per heavy atom. The normalized spacial score (nSPS) is 13.0. The van der Waals surface area contributed by atoms with Crippen molar-refractivity contribution < 1.29 is 32.2 Å². The molecular weight excluding hydrogens is 507 g/mol. The van der Waals surface area contributed by atoms with Crippen LogP contribution in [0.15, 0.2) is 47.5 Å². The standard InChI is InChI=1S/C25H22F3N5O5/c1-24(2,3)38-23(35)33-7-6-32-21(33)10-20(31-22(32)34)36-14-15-4-5-19(16(8-15)11-29)37-18-9-17(12-30-13-18)25(26,27)28/h4-5,8-10,12-13H,6-7,14H2,1-3H3. The number of nitrogens with zero attached hydrogens (tertiary/aromatic N) is 5. The number of fused-ring (bicyclic) bond motifs is 1. The summed E-state index contributed by atoms with van der Waals surface area (Å²) >= 11 is 0. The number of amides is 1. The molecule has 1 aromatic carbocycles. The molecule has 1 amide bonds. The summed E-state index contributed by atoms with van der Waals surface area (Å²) in [5.74, 6) is 0.0907. The highest BCUT2D eigenvalue weighted by Crippen LogP contribution is 2.33. The van der Waals surface area contributed by atoms with E-state index in [-0.39, 0.29) is 48.5 Å². The largest absolute Gasteiger partial charge is 0.473 e. The van der Waals surface area contributed by atoms with Crippen LogP contribution in [0, 0.1) is 11.3 Å². The van der Waals surface area contributed by atoms with Gasteiger partial charge in [-0.05, 0) is 44.5 Å². The quantitative estimate of drug-likeness (QED) is 0.468. The molecule has 198 valence electrons. The number of carbonyl (C=O) groups is 1. The molecule has 0 fully saturated rings. The number of aromatic nitrogens is 3. The first-order valence-corrected chi connectivity index (χ1v) is 11.3. The molecule has 0 bridgehead atoms. The first kappa shape index (κ1) is 26.5. The van der Waals surface area contributed by atoms with Gasteiger partial charge in [-0.25, -0.2) is 9.59 Å². The maximum absolute atomic E-state index is 12.9. The fraction of sp³-hybridized carbons (Fsp3) is 0.320. The first-order chi connectivity index (χ1) is 17.8. The molecule has 0 spiro atoms. The average Bonchev–Trinajstić information content (AvgIpc) is 3.27. The van der Waals surface area contributed by atoms with Crippen molar-refractivity contribution in [3.8, 4) is 23.4 Å². The molecule has 0 N–H and O–H groups in total. The third kappa shape index (κ3) is 6.03. The molecule has 0 atom stereocenters. The van der Waals surface area contributed by atoms with Crippen molar-refractivity contribution in [2.75, 3.05) is 11.4 Å². The Balaban J connectivity index is 1.49. The van der Waals surface area contributed by atoms with Gasteiger partial charge in [-0.3, -0.25) is 14.5 Å². The van der Waals surface area contributed by atoms with Crippen LogP contribution < -0.4 is 20.1 Å². The summed E-state index contributed by atoms with van der Waals surface area (Å²) in [6.07, 6.45) is -3.43. The number of benzene rings is 1. The Labute approximate surface area is 214 Å². The lowest BCUT2D eigenvalue weighted by Crippen LogP contribution is -2.36. The third-order valence-corrected chi connectivity index (χ3v) is 5.22. The fourth-order valence-corrected chi connectivity index (χ4v) is 3.55. The molecule has 38 heavy (non-hydrogen) atoms. The lowest BCUT2D eigenvalue weighted by molar-refractivity contribution is -0.137. The molecule has 1 aliphatic rings. The minimum Gasteiger partial charge on any atom is -0.473 e. The van der Waals surface area contributed by atoms with Gasteiger partial charge in [0.2, 0.25) is 5.88 Å². The fourth-order valence-electron chi connectivity index (χ4n) is 3.55. The Morgan fingerprint density at radius 3 is 2.58 bits per heavy atom. The zero-order valence-electron chi connectivity index (χ0n) is 20.6. The zero-order chi connectivity index (χ0) is 27.7. The molecule has 0 unspecified atom stereocenters. The molecule has 2 aromatic heterocycles. The summed E-state index contributed by atoms with van der Waals surface area (Å²) in [4.78, 5) is 33.8. The Kier molecular flexibility index (Phi) is 6.99. The second kappa shape index (κ2) is 10.0. The van der Waals surface area contributed by atoms with E-state index < -0.39 is 29.1 Å². The van der Waals surface area contributed by atoms with Gasteiger partial charge in [0.05, 0.1) is 17.3 Å². The van der Waals surface area contributed by atoms with E-state index in [1.807, 2.05) is 6.07 Å². The van der Waals surface area contributed by atoms with Crippen molar-refractivity contribution in [2.45, 2.75) is 45.7 Å². The van der Waals surface area contributed by atoms with E-state index in [1.54, 1.807) is 26.8 Å². The van der Waals surface area contributed by atoms with Crippen molar-refractivity contribution in [3.63, 3.8) is 0 Å². The molecule has 13 heteroatoms. The second-order valence-corrected chi connectivity index (χ2v) is 9.26. The van der Waals surface area contributed by atoms with Crippen LogP contribution in [0.5, 0.6) is 17.4 Å². The van der Waals surface area contributed by atoms with Crippen molar-refractivity contribution in [2.24, 2.45) is 0 Å². The molecule has 4 rings (SSSR count). The number of rotatable bonds is 5. The Morgan fingerprint density at radius 2 is 1.89 bits per heavy atom. The molecule has 1 aliphatic heterocycles. The van der Waals surface area contributed by atoms with Crippen LogP contribution in [0.4, 0.5) is 23.8 Å². The van der Waals surface area contributed by atoms with E-state index in [0.29, 0.717) is 11.8 Å². The van der Waals surface area contributed by atoms with Crippen LogP contribution in [0.25, 0.3) is 0 Å². The smallest absolute Gasteiger partial charge is 0.418 e. The van der Waals surface area contributed by atoms with Gasteiger partial charge >= 0.3 is 18.0 Å². The minimum atomic E-state index is -4.59. The number of hydrogen-bond donors (Lipinski definition) is 0. The molecule has 0 saturated carbocycles. The maximum atomic E-state index is 12.9. The van der Waals surface area contributed by atoms with Gasteiger partial charge in [0.25, 0.3) is 0 Å². The molecule has 0 saturated heterocycles. The van der Waals surface area contributed by atoms with Crippen LogP contribution in [-0.2, 0) is 24.1 Å². The van der Waals surface area contributed by atoms with E-state index in [4.69, 9.17) is 14.2 Å². The number of anilines is 1. The summed E-state index contributed by atoms with van der Waals surface area (Å²) in [7, 11) is 0. The van der Waals surface area contributed by atoms with E-state index in [2.05, 4.69) is 9.97 Å². The predicted octanol–water partition coefficient (Wildman–Crippen LogP) is 4.66. The minimum absolute atomic E-state index is 0.0271. The van der Waals surface area contributed by atoms with Crippen molar-refractivity contribution >= 4 is 11.9 Å². The van der Waals surface area contributed by atoms with Gasteiger partial charge in [-0.15, -0.1) is 0 Å². The highest BCUT2D eigenvalue weighted by Gasteiger charge is 2.32. The third-order valence-electron chi connectivity index (χ3n) is 5.22. The van der Waals surface area contributed by atoms with Crippen LogP contribution in [0.3, 0.4) is 0 Å². The monoisotopic (exact) mass is 529 g/mol. The average molecular weight is 529 g/mol. The van der Waals surface area contributed by atoms with E-state index in [1.165, 1.54) is 27.7 Å². The molecule has 0 radical (unpaired) electrons. The zero-order valence-corrected chi connectivity index (χ0v) is 20.6. The lowest BCUT2D eigenvalue weighted by Gasteiger charge is -2.24. The summed E-state index contributed by atoms with van der Waals surface area (Å²) in [6, 6.07) is 8.55. The van der Waals surface area contributed by atoms with Crippen LogP contribution in [0.2, 0.25) is 0 Å². The van der Waals surface area contributed by atoms with Crippen LogP contribution >= 0.6 is 0 Å². The van der Waals surface area contributed by atoms with Gasteiger partial charge < -0.3 is 14.2 Å². The van der Waals surface area contributed by atoms with Gasteiger partial charge in [-0.2, -0.15) is 23.4 Å². The van der Waals surface area contributed by atoms with Crippen LogP contribution in [0.1, 0.15) is 37.5 Å². The van der Waals surface area contributed by atoms with Gasteiger partial charge in [-0.1, -0.05) is 6.07 Å². The maximum Gasteiger partial charge on any atom is 0.418 e. The number of halogens is 3. The van der Waals surface area contributed by atoms with Gasteiger partial charge in [0.1, 0.15) is 35.6 Å². The van der Waals surface area contributed by atoms with Crippen LogP contribution in [-0.4, -0.2) is 32.8 Å². The summed E-state index contributed by atoms with van der Waals surface area (Å²) in [5.41, 5.74) is -1.76. The van der Waals surface area contributed by atoms with E-state index >= 15 is 0 Å². The number of hydrogen-bond acceptors (Lipinski definition) is 8. The van der Waals surface area contributed by atoms with Crippen molar-refractivity contribution in [1.82, 2.24) is 14.5 Å².